The van der Waals surface area contributed by atoms with Crippen LogP contribution in [0.25, 0.3) is 11.2 Å². The summed E-state index contributed by atoms with van der Waals surface area (Å²) in [5.41, 5.74) is 1.88. The van der Waals surface area contributed by atoms with Crippen molar-refractivity contribution in [2.24, 2.45) is 5.92 Å². The van der Waals surface area contributed by atoms with Gasteiger partial charge in [0.1, 0.15) is 5.82 Å². The van der Waals surface area contributed by atoms with Crippen molar-refractivity contribution in [3.05, 3.63) is 58.5 Å². The van der Waals surface area contributed by atoms with Crippen LogP contribution in [0.5, 0.6) is 0 Å². The molecule has 168 valence electrons. The van der Waals surface area contributed by atoms with Gasteiger partial charge in [0.05, 0.1) is 5.52 Å². The second-order valence-electron chi connectivity index (χ2n) is 8.38. The normalized spacial score (nSPS) is 19.0. The lowest BCUT2D eigenvalue weighted by Gasteiger charge is -2.37. The summed E-state index contributed by atoms with van der Waals surface area (Å²) in [5, 5.41) is 5.76. The van der Waals surface area contributed by atoms with Gasteiger partial charge in [-0.15, -0.1) is 0 Å². The zero-order valence-electron chi connectivity index (χ0n) is 18.1. The van der Waals surface area contributed by atoms with Gasteiger partial charge in [-0.2, -0.15) is 0 Å². The Hall–Kier alpha value is -3.46. The molecule has 1 aromatic carbocycles. The van der Waals surface area contributed by atoms with Crippen LogP contribution in [0.4, 0.5) is 5.82 Å². The Morgan fingerprint density at radius 2 is 1.88 bits per heavy atom. The summed E-state index contributed by atoms with van der Waals surface area (Å²) in [6.07, 6.45) is 1.08. The second kappa shape index (κ2) is 9.78. The quantitative estimate of drug-likeness (QED) is 0.451. The van der Waals surface area contributed by atoms with Gasteiger partial charge < -0.3 is 15.6 Å². The molecule has 1 fully saturated rings. The number of imidazole rings is 1. The first-order valence-electron chi connectivity index (χ1n) is 10.9. The van der Waals surface area contributed by atoms with Crippen LogP contribution in [0.15, 0.2) is 47.3 Å². The maximum Gasteiger partial charge on any atom is 0.325 e. The van der Waals surface area contributed by atoms with E-state index in [1.165, 1.54) is 5.56 Å². The van der Waals surface area contributed by atoms with Crippen molar-refractivity contribution in [2.75, 3.05) is 18.4 Å². The number of nitrogens with zero attached hydrogens (tertiary/aromatic N) is 2. The standard InChI is InChI=1S/C23H28N6O3/c1-15-13-29(14-16-5-3-2-4-6-16)12-11-17(15)24-20(30)9-10-21(31)26-19-8-7-18-22(27-19)28-23(32)25-18/h2-8,15,17H,9-14H2,1H3,(H,24,30)(H3,25,26,27,28,31,32). The van der Waals surface area contributed by atoms with Gasteiger partial charge in [0.25, 0.3) is 0 Å². The Morgan fingerprint density at radius 3 is 2.66 bits per heavy atom. The third kappa shape index (κ3) is 5.61. The Kier molecular flexibility index (Phi) is 6.65. The maximum atomic E-state index is 12.4. The van der Waals surface area contributed by atoms with Crippen LogP contribution in [0.2, 0.25) is 0 Å². The lowest BCUT2D eigenvalue weighted by atomic mass is 9.93. The van der Waals surface area contributed by atoms with Crippen molar-refractivity contribution in [1.29, 1.82) is 0 Å². The fourth-order valence-corrected chi connectivity index (χ4v) is 4.13. The van der Waals surface area contributed by atoms with Crippen LogP contribution in [-0.2, 0) is 16.1 Å². The van der Waals surface area contributed by atoms with Crippen molar-refractivity contribution < 1.29 is 9.59 Å². The molecule has 2 aromatic heterocycles. The number of piperidine rings is 1. The van der Waals surface area contributed by atoms with E-state index < -0.39 is 0 Å². The number of likely N-dealkylation sites (tertiary alicyclic amines) is 1. The molecule has 0 saturated carbocycles. The van der Waals surface area contributed by atoms with Crippen molar-refractivity contribution in [1.82, 2.24) is 25.2 Å². The highest BCUT2D eigenvalue weighted by atomic mass is 16.2. The fourth-order valence-electron chi connectivity index (χ4n) is 4.13. The van der Waals surface area contributed by atoms with Crippen molar-refractivity contribution in [3.63, 3.8) is 0 Å². The lowest BCUT2D eigenvalue weighted by molar-refractivity contribution is -0.125. The summed E-state index contributed by atoms with van der Waals surface area (Å²) < 4.78 is 0. The topological polar surface area (TPSA) is 123 Å². The molecular formula is C23H28N6O3. The highest BCUT2D eigenvalue weighted by Gasteiger charge is 2.27. The van der Waals surface area contributed by atoms with Crippen LogP contribution in [0.1, 0.15) is 31.7 Å². The monoisotopic (exact) mass is 436 g/mol. The van der Waals surface area contributed by atoms with Crippen LogP contribution in [0, 0.1) is 5.92 Å². The number of aromatic nitrogens is 3. The van der Waals surface area contributed by atoms with Crippen molar-refractivity contribution >= 4 is 28.8 Å². The van der Waals surface area contributed by atoms with Gasteiger partial charge in [-0.05, 0) is 30.0 Å². The predicted molar refractivity (Wildman–Crippen MR) is 122 cm³/mol. The number of amides is 2. The number of rotatable bonds is 7. The molecule has 1 aliphatic heterocycles. The summed E-state index contributed by atoms with van der Waals surface area (Å²) in [6, 6.07) is 13.8. The maximum absolute atomic E-state index is 12.4. The number of hydrogen-bond acceptors (Lipinski definition) is 5. The first-order valence-corrected chi connectivity index (χ1v) is 10.9. The van der Waals surface area contributed by atoms with E-state index in [0.717, 1.165) is 26.1 Å². The molecule has 3 aromatic rings. The highest BCUT2D eigenvalue weighted by molar-refractivity contribution is 5.93. The molecule has 0 spiro atoms. The van der Waals surface area contributed by atoms with E-state index in [-0.39, 0.29) is 36.4 Å². The molecular weight excluding hydrogens is 408 g/mol. The molecule has 9 nitrogen and oxygen atoms in total. The van der Waals surface area contributed by atoms with E-state index in [1.807, 2.05) is 6.07 Å². The Morgan fingerprint density at radius 1 is 1.09 bits per heavy atom. The first-order chi connectivity index (χ1) is 15.5. The van der Waals surface area contributed by atoms with Gasteiger partial charge in [-0.1, -0.05) is 37.3 Å². The molecule has 9 heteroatoms. The summed E-state index contributed by atoms with van der Waals surface area (Å²) in [6.45, 7) is 4.93. The number of pyridine rings is 1. The van der Waals surface area contributed by atoms with Crippen LogP contribution in [0.3, 0.4) is 0 Å². The first kappa shape index (κ1) is 21.8. The van der Waals surface area contributed by atoms with E-state index in [9.17, 15) is 14.4 Å². The molecule has 2 amide bonds. The zero-order chi connectivity index (χ0) is 22.5. The number of benzene rings is 1. The largest absolute Gasteiger partial charge is 0.353 e. The van der Waals surface area contributed by atoms with Gasteiger partial charge >= 0.3 is 5.69 Å². The minimum atomic E-state index is -0.354. The molecule has 2 unspecified atom stereocenters. The number of aromatic amines is 2. The molecule has 1 aliphatic rings. The smallest absolute Gasteiger partial charge is 0.325 e. The second-order valence-corrected chi connectivity index (χ2v) is 8.38. The fraction of sp³-hybridized carbons (Fsp3) is 0.391. The summed E-state index contributed by atoms with van der Waals surface area (Å²) in [7, 11) is 0. The molecule has 3 heterocycles. The third-order valence-electron chi connectivity index (χ3n) is 5.81. The minimum absolute atomic E-state index is 0.0659. The molecule has 0 aliphatic carbocycles. The van der Waals surface area contributed by atoms with E-state index in [4.69, 9.17) is 0 Å². The number of H-pyrrole nitrogens is 2. The summed E-state index contributed by atoms with van der Waals surface area (Å²) in [5.74, 6) is 0.254. The Bertz CT molecular complexity index is 1140. The number of nitrogens with one attached hydrogen (secondary N) is 4. The van der Waals surface area contributed by atoms with Gasteiger partial charge in [0.15, 0.2) is 5.65 Å². The lowest BCUT2D eigenvalue weighted by Crippen LogP contribution is -2.49. The van der Waals surface area contributed by atoms with Crippen molar-refractivity contribution in [2.45, 2.75) is 38.8 Å². The average Bonchev–Trinajstić information content (AvgIpc) is 3.14. The molecule has 0 bridgehead atoms. The van der Waals surface area contributed by atoms with Gasteiger partial charge in [0.2, 0.25) is 11.8 Å². The molecule has 1 saturated heterocycles. The van der Waals surface area contributed by atoms with Gasteiger partial charge in [-0.3, -0.25) is 19.5 Å². The van der Waals surface area contributed by atoms with E-state index >= 15 is 0 Å². The summed E-state index contributed by atoms with van der Waals surface area (Å²) in [4.78, 5) is 47.6. The molecule has 32 heavy (non-hydrogen) atoms. The van der Waals surface area contributed by atoms with Crippen molar-refractivity contribution in [3.8, 4) is 0 Å². The van der Waals surface area contributed by atoms with E-state index in [0.29, 0.717) is 22.9 Å². The Balaban J connectivity index is 1.20. The van der Waals surface area contributed by atoms with Gasteiger partial charge in [-0.25, -0.2) is 9.78 Å². The molecule has 2 atom stereocenters. The Labute approximate surface area is 185 Å². The zero-order valence-corrected chi connectivity index (χ0v) is 18.1. The van der Waals surface area contributed by atoms with E-state index in [1.54, 1.807) is 12.1 Å². The van der Waals surface area contributed by atoms with E-state index in [2.05, 4.69) is 61.7 Å². The minimum Gasteiger partial charge on any atom is -0.353 e. The van der Waals surface area contributed by atoms with Gasteiger partial charge in [0, 0.05) is 38.5 Å². The number of fused-ring (bicyclic) bond motifs is 1. The highest BCUT2D eigenvalue weighted by Crippen LogP contribution is 2.19. The molecule has 0 radical (unpaired) electrons. The van der Waals surface area contributed by atoms with Crippen LogP contribution < -0.4 is 16.3 Å². The molecule has 4 N–H and O–H groups in total. The summed E-state index contributed by atoms with van der Waals surface area (Å²) >= 11 is 0. The SMILES string of the molecule is CC1CN(Cc2ccccc2)CCC1NC(=O)CCC(=O)Nc1ccc2[nH]c(=O)[nH]c2n1. The third-order valence-corrected chi connectivity index (χ3v) is 5.81. The number of carbonyl (C=O) groups is 2. The average molecular weight is 437 g/mol. The number of hydrogen-bond donors (Lipinski definition) is 4. The number of carbonyl (C=O) groups excluding carboxylic acids is 2. The van der Waals surface area contributed by atoms with Crippen LogP contribution >= 0.6 is 0 Å². The predicted octanol–water partition coefficient (Wildman–Crippen LogP) is 2.00. The molecule has 4 rings (SSSR count). The number of anilines is 1. The van der Waals surface area contributed by atoms with Crippen LogP contribution in [-0.4, -0.2) is 50.8 Å².